The first-order valence-corrected chi connectivity index (χ1v) is 4.15. The van der Waals surface area contributed by atoms with Crippen LogP contribution >= 0.6 is 0 Å². The van der Waals surface area contributed by atoms with Gasteiger partial charge in [0.15, 0.2) is 5.96 Å². The highest BCUT2D eigenvalue weighted by atomic mass is 16.3. The molecule has 0 aliphatic heterocycles. The Morgan fingerprint density at radius 1 is 1.43 bits per heavy atom. The smallest absolute Gasteiger partial charge is 0.325 e. The van der Waals surface area contributed by atoms with E-state index in [0.717, 1.165) is 0 Å². The SMILES string of the molecule is NC(N)=NCCCc1[nH]c(=O)[nH]c1O. The highest BCUT2D eigenvalue weighted by Gasteiger charge is 2.03. The summed E-state index contributed by atoms with van der Waals surface area (Å²) in [5, 5.41) is 9.17. The molecule has 0 aliphatic carbocycles. The zero-order valence-electron chi connectivity index (χ0n) is 7.58. The summed E-state index contributed by atoms with van der Waals surface area (Å²) in [7, 11) is 0. The molecule has 1 heterocycles. The number of nitrogens with two attached hydrogens (primary N) is 2. The van der Waals surface area contributed by atoms with E-state index >= 15 is 0 Å². The van der Waals surface area contributed by atoms with E-state index in [4.69, 9.17) is 16.6 Å². The number of aromatic hydroxyl groups is 1. The molecule has 0 spiro atoms. The molecule has 7 N–H and O–H groups in total. The maximum atomic E-state index is 10.7. The minimum Gasteiger partial charge on any atom is -0.493 e. The molecule has 1 rings (SSSR count). The topological polar surface area (TPSA) is 133 Å². The Morgan fingerprint density at radius 2 is 2.14 bits per heavy atom. The molecule has 0 atom stereocenters. The summed E-state index contributed by atoms with van der Waals surface area (Å²) < 4.78 is 0. The quantitative estimate of drug-likeness (QED) is 0.232. The molecule has 0 aromatic carbocycles. The zero-order valence-corrected chi connectivity index (χ0v) is 7.58. The van der Waals surface area contributed by atoms with Gasteiger partial charge in [-0.3, -0.25) is 9.98 Å². The predicted molar refractivity (Wildman–Crippen MR) is 52.1 cm³/mol. The molecule has 0 aliphatic rings. The largest absolute Gasteiger partial charge is 0.493 e. The molecule has 0 amide bonds. The molecule has 0 saturated carbocycles. The Balaban J connectivity index is 2.42. The lowest BCUT2D eigenvalue weighted by molar-refractivity contribution is 0.448. The number of aryl methyl sites for hydroxylation is 1. The predicted octanol–water partition coefficient (Wildman–Crippen LogP) is -1.39. The van der Waals surface area contributed by atoms with Crippen LogP contribution in [0.25, 0.3) is 0 Å². The highest BCUT2D eigenvalue weighted by Crippen LogP contribution is 2.09. The molecule has 0 radical (unpaired) electrons. The van der Waals surface area contributed by atoms with Crippen LogP contribution in [0.3, 0.4) is 0 Å². The van der Waals surface area contributed by atoms with Gasteiger partial charge >= 0.3 is 5.69 Å². The van der Waals surface area contributed by atoms with Gasteiger partial charge in [0, 0.05) is 6.54 Å². The van der Waals surface area contributed by atoms with Crippen molar-refractivity contribution in [1.82, 2.24) is 9.97 Å². The molecule has 0 fully saturated rings. The first-order valence-electron chi connectivity index (χ1n) is 4.15. The Morgan fingerprint density at radius 3 is 2.64 bits per heavy atom. The van der Waals surface area contributed by atoms with Crippen molar-refractivity contribution in [1.29, 1.82) is 0 Å². The number of guanidine groups is 1. The fourth-order valence-electron chi connectivity index (χ4n) is 1.06. The van der Waals surface area contributed by atoms with Crippen LogP contribution in [-0.2, 0) is 6.42 Å². The van der Waals surface area contributed by atoms with E-state index in [9.17, 15) is 4.79 Å². The van der Waals surface area contributed by atoms with Gasteiger partial charge in [-0.2, -0.15) is 0 Å². The van der Waals surface area contributed by atoms with Gasteiger partial charge in [0.05, 0.1) is 5.69 Å². The number of imidazole rings is 1. The van der Waals surface area contributed by atoms with E-state index in [1.807, 2.05) is 0 Å². The van der Waals surface area contributed by atoms with Gasteiger partial charge in [0.25, 0.3) is 0 Å². The van der Waals surface area contributed by atoms with E-state index in [0.29, 0.717) is 25.1 Å². The Labute approximate surface area is 79.9 Å². The lowest BCUT2D eigenvalue weighted by Crippen LogP contribution is -2.23. The Kier molecular flexibility index (Phi) is 3.16. The van der Waals surface area contributed by atoms with Crippen LogP contribution in [0.4, 0.5) is 0 Å². The second-order valence-corrected chi connectivity index (χ2v) is 2.82. The summed E-state index contributed by atoms with van der Waals surface area (Å²) in [5.41, 5.74) is 10.3. The first-order chi connectivity index (χ1) is 6.59. The third-order valence-corrected chi connectivity index (χ3v) is 1.66. The van der Waals surface area contributed by atoms with Crippen molar-refractivity contribution in [2.75, 3.05) is 6.54 Å². The fourth-order valence-corrected chi connectivity index (χ4v) is 1.06. The Hall–Kier alpha value is -1.92. The average Bonchev–Trinajstić information content (AvgIpc) is 2.39. The van der Waals surface area contributed by atoms with Crippen LogP contribution in [-0.4, -0.2) is 27.6 Å². The number of aromatic nitrogens is 2. The van der Waals surface area contributed by atoms with Crippen molar-refractivity contribution in [2.45, 2.75) is 12.8 Å². The van der Waals surface area contributed by atoms with Crippen molar-refractivity contribution in [2.24, 2.45) is 16.5 Å². The lowest BCUT2D eigenvalue weighted by Gasteiger charge is -1.96. The minimum atomic E-state index is -0.417. The second-order valence-electron chi connectivity index (χ2n) is 2.82. The van der Waals surface area contributed by atoms with Gasteiger partial charge in [0.1, 0.15) is 0 Å². The number of aromatic amines is 2. The number of nitrogens with one attached hydrogen (secondary N) is 2. The summed E-state index contributed by atoms with van der Waals surface area (Å²) in [5.74, 6) is -0.0866. The fraction of sp³-hybridized carbons (Fsp3) is 0.429. The maximum absolute atomic E-state index is 10.7. The molecule has 14 heavy (non-hydrogen) atoms. The van der Waals surface area contributed by atoms with Crippen LogP contribution in [0.15, 0.2) is 9.79 Å². The number of aliphatic imine (C=N–C) groups is 1. The van der Waals surface area contributed by atoms with Crippen LogP contribution in [0.2, 0.25) is 0 Å². The normalized spacial score (nSPS) is 10.0. The summed E-state index contributed by atoms with van der Waals surface area (Å²) >= 11 is 0. The Bertz CT molecular complexity index is 374. The number of nitrogens with zero attached hydrogens (tertiary/aromatic N) is 1. The van der Waals surface area contributed by atoms with E-state index < -0.39 is 5.69 Å². The van der Waals surface area contributed by atoms with Gasteiger partial charge in [-0.1, -0.05) is 0 Å². The van der Waals surface area contributed by atoms with Gasteiger partial charge in [-0.05, 0) is 12.8 Å². The summed E-state index contributed by atoms with van der Waals surface area (Å²) in [6, 6.07) is 0. The lowest BCUT2D eigenvalue weighted by atomic mass is 10.2. The number of hydrogen-bond acceptors (Lipinski definition) is 3. The second kappa shape index (κ2) is 4.35. The summed E-state index contributed by atoms with van der Waals surface area (Å²) in [6.45, 7) is 0.467. The van der Waals surface area contributed by atoms with Crippen molar-refractivity contribution in [3.63, 3.8) is 0 Å². The maximum Gasteiger partial charge on any atom is 0.325 e. The van der Waals surface area contributed by atoms with E-state index in [1.165, 1.54) is 0 Å². The number of rotatable bonds is 4. The molecule has 1 aromatic rings. The molecule has 7 heteroatoms. The average molecular weight is 199 g/mol. The van der Waals surface area contributed by atoms with Gasteiger partial charge in [0.2, 0.25) is 5.88 Å². The number of H-pyrrole nitrogens is 2. The molecule has 1 aromatic heterocycles. The molecule has 0 saturated heterocycles. The van der Waals surface area contributed by atoms with Gasteiger partial charge in [-0.25, -0.2) is 4.79 Å². The van der Waals surface area contributed by atoms with Crippen LogP contribution in [0.1, 0.15) is 12.1 Å². The van der Waals surface area contributed by atoms with E-state index in [2.05, 4.69) is 15.0 Å². The van der Waals surface area contributed by atoms with Crippen LogP contribution in [0.5, 0.6) is 5.88 Å². The molecular formula is C7H13N5O2. The minimum absolute atomic E-state index is 0.0387. The standard InChI is InChI=1S/C7H13N5O2/c8-6(9)10-3-1-2-4-5(13)12-7(14)11-4/h13H,1-3H2,(H4,8,9,10)(H2,11,12,14). The third kappa shape index (κ3) is 2.85. The van der Waals surface area contributed by atoms with Crippen molar-refractivity contribution < 1.29 is 5.11 Å². The summed E-state index contributed by atoms with van der Waals surface area (Å²) in [6.07, 6.45) is 1.17. The molecular weight excluding hydrogens is 186 g/mol. The number of hydrogen-bond donors (Lipinski definition) is 5. The van der Waals surface area contributed by atoms with Crippen molar-refractivity contribution in [3.8, 4) is 5.88 Å². The van der Waals surface area contributed by atoms with Crippen molar-refractivity contribution in [3.05, 3.63) is 16.2 Å². The van der Waals surface area contributed by atoms with Gasteiger partial charge in [-0.15, -0.1) is 0 Å². The first kappa shape index (κ1) is 10.2. The van der Waals surface area contributed by atoms with Gasteiger partial charge < -0.3 is 21.6 Å². The molecule has 78 valence electrons. The summed E-state index contributed by atoms with van der Waals surface area (Å²) in [4.78, 5) is 19.2. The highest BCUT2D eigenvalue weighted by molar-refractivity contribution is 5.75. The third-order valence-electron chi connectivity index (χ3n) is 1.66. The van der Waals surface area contributed by atoms with Crippen LogP contribution < -0.4 is 17.2 Å². The van der Waals surface area contributed by atoms with Crippen LogP contribution in [0, 0.1) is 0 Å². The zero-order chi connectivity index (χ0) is 10.6. The van der Waals surface area contributed by atoms with Crippen molar-refractivity contribution >= 4 is 5.96 Å². The monoisotopic (exact) mass is 199 g/mol. The molecule has 0 unspecified atom stereocenters. The van der Waals surface area contributed by atoms with E-state index in [1.54, 1.807) is 0 Å². The van der Waals surface area contributed by atoms with E-state index in [-0.39, 0.29) is 11.8 Å². The molecule has 7 nitrogen and oxygen atoms in total. The molecule has 0 bridgehead atoms.